The first-order valence-corrected chi connectivity index (χ1v) is 6.27. The Balaban J connectivity index is 2.00. The number of rotatable bonds is 2. The molecule has 1 aromatic heterocycles. The van der Waals surface area contributed by atoms with Crippen molar-refractivity contribution >= 4 is 11.7 Å². The first-order valence-electron chi connectivity index (χ1n) is 6.27. The van der Waals surface area contributed by atoms with Gasteiger partial charge in [0.15, 0.2) is 0 Å². The van der Waals surface area contributed by atoms with E-state index in [2.05, 4.69) is 16.0 Å². The highest BCUT2D eigenvalue weighted by Gasteiger charge is 2.23. The summed E-state index contributed by atoms with van der Waals surface area (Å²) in [5.74, 6) is 0.769. The molecule has 100 valence electrons. The van der Waals surface area contributed by atoms with E-state index in [9.17, 15) is 4.79 Å². The van der Waals surface area contributed by atoms with Gasteiger partial charge in [0.25, 0.3) is 0 Å². The third-order valence-electron chi connectivity index (χ3n) is 3.18. The lowest BCUT2D eigenvalue weighted by molar-refractivity contribution is -0.132. The minimum absolute atomic E-state index is 0.0154. The molecular weight excluding hydrogens is 242 g/mol. The fourth-order valence-electron chi connectivity index (χ4n) is 2.10. The van der Waals surface area contributed by atoms with Crippen molar-refractivity contribution in [2.45, 2.75) is 13.0 Å². The van der Waals surface area contributed by atoms with Crippen molar-refractivity contribution < 1.29 is 4.79 Å². The molecule has 0 radical (unpaired) electrons. The van der Waals surface area contributed by atoms with Crippen molar-refractivity contribution in [2.75, 3.05) is 31.1 Å². The van der Waals surface area contributed by atoms with Crippen LogP contribution in [0.4, 0.5) is 5.82 Å². The van der Waals surface area contributed by atoms with Gasteiger partial charge >= 0.3 is 0 Å². The lowest BCUT2D eigenvalue weighted by Gasteiger charge is -2.36. The van der Waals surface area contributed by atoms with Crippen molar-refractivity contribution in [1.82, 2.24) is 9.88 Å². The molecule has 1 aliphatic rings. The van der Waals surface area contributed by atoms with Gasteiger partial charge in [0.2, 0.25) is 5.91 Å². The fraction of sp³-hybridized carbons (Fsp3) is 0.462. The Morgan fingerprint density at radius 2 is 2.16 bits per heavy atom. The number of amides is 1. The molecular formula is C13H17N5O. The summed E-state index contributed by atoms with van der Waals surface area (Å²) >= 11 is 0. The monoisotopic (exact) mass is 259 g/mol. The Bertz CT molecular complexity index is 500. The molecule has 0 aromatic carbocycles. The van der Waals surface area contributed by atoms with Crippen molar-refractivity contribution in [1.29, 1.82) is 5.26 Å². The quantitative estimate of drug-likeness (QED) is 0.804. The van der Waals surface area contributed by atoms with Crippen LogP contribution in [0.5, 0.6) is 0 Å². The van der Waals surface area contributed by atoms with E-state index < -0.39 is 6.04 Å². The molecule has 1 atom stereocenters. The van der Waals surface area contributed by atoms with Gasteiger partial charge in [-0.05, 0) is 19.1 Å². The Labute approximate surface area is 112 Å². The van der Waals surface area contributed by atoms with Crippen LogP contribution in [0.3, 0.4) is 0 Å². The number of hydrogen-bond acceptors (Lipinski definition) is 5. The number of nitriles is 1. The molecule has 0 saturated carbocycles. The third kappa shape index (κ3) is 3.01. The van der Waals surface area contributed by atoms with Gasteiger partial charge in [-0.1, -0.05) is 0 Å². The molecule has 1 aliphatic heterocycles. The number of hydrogen-bond donors (Lipinski definition) is 1. The Morgan fingerprint density at radius 3 is 2.74 bits per heavy atom. The lowest BCUT2D eigenvalue weighted by Crippen LogP contribution is -2.52. The SMILES string of the molecule is C[C@@H](N)C(=O)N1CCN(c2cc(C#N)ccn2)CC1. The van der Waals surface area contributed by atoms with Gasteiger partial charge in [-0.3, -0.25) is 4.79 Å². The minimum Gasteiger partial charge on any atom is -0.353 e. The van der Waals surface area contributed by atoms with Crippen molar-refractivity contribution in [3.8, 4) is 6.07 Å². The van der Waals surface area contributed by atoms with Crippen molar-refractivity contribution in [2.24, 2.45) is 5.73 Å². The molecule has 6 nitrogen and oxygen atoms in total. The van der Waals surface area contributed by atoms with E-state index in [0.29, 0.717) is 31.7 Å². The summed E-state index contributed by atoms with van der Waals surface area (Å²) in [4.78, 5) is 19.9. The van der Waals surface area contributed by atoms with Crippen molar-refractivity contribution in [3.05, 3.63) is 23.9 Å². The van der Waals surface area contributed by atoms with E-state index in [-0.39, 0.29) is 5.91 Å². The number of aromatic nitrogens is 1. The first kappa shape index (κ1) is 13.3. The standard InChI is InChI=1S/C13H17N5O/c1-10(15)13(19)18-6-4-17(5-7-18)12-8-11(9-14)2-3-16-12/h2-3,8,10H,4-7,15H2,1H3/t10-/m1/s1. The highest BCUT2D eigenvalue weighted by Crippen LogP contribution is 2.15. The largest absolute Gasteiger partial charge is 0.353 e. The topological polar surface area (TPSA) is 86.3 Å². The number of nitrogens with zero attached hydrogens (tertiary/aromatic N) is 4. The first-order chi connectivity index (χ1) is 9.11. The molecule has 1 aromatic rings. The zero-order valence-corrected chi connectivity index (χ0v) is 10.9. The highest BCUT2D eigenvalue weighted by atomic mass is 16.2. The summed E-state index contributed by atoms with van der Waals surface area (Å²) in [7, 11) is 0. The molecule has 1 fully saturated rings. The van der Waals surface area contributed by atoms with E-state index in [4.69, 9.17) is 11.0 Å². The second-order valence-corrected chi connectivity index (χ2v) is 4.62. The normalized spacial score (nSPS) is 16.9. The fourth-order valence-corrected chi connectivity index (χ4v) is 2.10. The van der Waals surface area contributed by atoms with Crippen molar-refractivity contribution in [3.63, 3.8) is 0 Å². The van der Waals surface area contributed by atoms with Gasteiger partial charge in [-0.2, -0.15) is 5.26 Å². The van der Waals surface area contributed by atoms with Crippen LogP contribution in [-0.2, 0) is 4.79 Å². The summed E-state index contributed by atoms with van der Waals surface area (Å²) in [6.45, 7) is 4.39. The number of carbonyl (C=O) groups excluding carboxylic acids is 1. The summed E-state index contributed by atoms with van der Waals surface area (Å²) < 4.78 is 0. The minimum atomic E-state index is -0.452. The third-order valence-corrected chi connectivity index (χ3v) is 3.18. The van der Waals surface area contributed by atoms with Gasteiger partial charge in [0, 0.05) is 32.4 Å². The van der Waals surface area contributed by atoms with Crippen LogP contribution in [0.15, 0.2) is 18.3 Å². The highest BCUT2D eigenvalue weighted by molar-refractivity contribution is 5.81. The number of pyridine rings is 1. The second-order valence-electron chi connectivity index (χ2n) is 4.62. The molecule has 1 saturated heterocycles. The summed E-state index contributed by atoms with van der Waals surface area (Å²) in [5.41, 5.74) is 6.19. The number of carbonyl (C=O) groups is 1. The van der Waals surface area contributed by atoms with Crippen LogP contribution in [0.25, 0.3) is 0 Å². The Kier molecular flexibility index (Phi) is 3.97. The lowest BCUT2D eigenvalue weighted by atomic mass is 10.2. The maximum absolute atomic E-state index is 11.8. The maximum Gasteiger partial charge on any atom is 0.239 e. The van der Waals surface area contributed by atoms with Gasteiger partial charge < -0.3 is 15.5 Å². The maximum atomic E-state index is 11.8. The van der Waals surface area contributed by atoms with Crippen LogP contribution in [0, 0.1) is 11.3 Å². The second kappa shape index (κ2) is 5.67. The summed E-state index contributed by atoms with van der Waals surface area (Å²) in [6.07, 6.45) is 1.63. The molecule has 0 aliphatic carbocycles. The van der Waals surface area contributed by atoms with E-state index in [1.165, 1.54) is 0 Å². The van der Waals surface area contributed by atoms with Crippen LogP contribution in [0.2, 0.25) is 0 Å². The van der Waals surface area contributed by atoms with Gasteiger partial charge in [0.1, 0.15) is 5.82 Å². The van der Waals surface area contributed by atoms with Gasteiger partial charge in [-0.15, -0.1) is 0 Å². The molecule has 19 heavy (non-hydrogen) atoms. The van der Waals surface area contributed by atoms with Gasteiger partial charge in [-0.25, -0.2) is 4.98 Å². The summed E-state index contributed by atoms with van der Waals surface area (Å²) in [6, 6.07) is 5.10. The zero-order chi connectivity index (χ0) is 13.8. The van der Waals surface area contributed by atoms with E-state index in [1.54, 1.807) is 30.2 Å². The molecule has 2 N–H and O–H groups in total. The predicted octanol–water partition coefficient (Wildman–Crippen LogP) is -0.0509. The average molecular weight is 259 g/mol. The number of anilines is 1. The molecule has 6 heteroatoms. The Hall–Kier alpha value is -2.13. The molecule has 0 unspecified atom stereocenters. The molecule has 1 amide bonds. The van der Waals surface area contributed by atoms with E-state index in [1.807, 2.05) is 0 Å². The van der Waals surface area contributed by atoms with E-state index in [0.717, 1.165) is 5.82 Å². The van der Waals surface area contributed by atoms with Crippen LogP contribution in [0.1, 0.15) is 12.5 Å². The molecule has 2 rings (SSSR count). The van der Waals surface area contributed by atoms with E-state index >= 15 is 0 Å². The van der Waals surface area contributed by atoms with Crippen LogP contribution in [-0.4, -0.2) is 48.0 Å². The number of nitrogens with two attached hydrogens (primary N) is 1. The van der Waals surface area contributed by atoms with Crippen LogP contribution >= 0.6 is 0 Å². The average Bonchev–Trinajstić information content (AvgIpc) is 2.46. The molecule has 2 heterocycles. The number of piperazine rings is 1. The summed E-state index contributed by atoms with van der Waals surface area (Å²) in [5, 5.41) is 8.87. The van der Waals surface area contributed by atoms with Crippen LogP contribution < -0.4 is 10.6 Å². The van der Waals surface area contributed by atoms with Gasteiger partial charge in [0.05, 0.1) is 17.7 Å². The predicted molar refractivity (Wildman–Crippen MR) is 71.4 cm³/mol. The molecule has 0 spiro atoms. The zero-order valence-electron chi connectivity index (χ0n) is 10.9. The molecule has 0 bridgehead atoms. The smallest absolute Gasteiger partial charge is 0.239 e. The Morgan fingerprint density at radius 1 is 1.47 bits per heavy atom.